The zero-order valence-corrected chi connectivity index (χ0v) is 4.52. The normalized spacial score (nSPS) is 30.7. The summed E-state index contributed by atoms with van der Waals surface area (Å²) < 4.78 is 0. The SMILES string of the molecule is C[C@H]1CNCC=N1. The third-order valence-electron chi connectivity index (χ3n) is 1.04. The molecule has 0 unspecified atom stereocenters. The molecule has 0 bridgehead atoms. The molecule has 0 aromatic rings. The monoisotopic (exact) mass is 98.1 g/mol. The van der Waals surface area contributed by atoms with Crippen molar-refractivity contribution in [1.29, 1.82) is 0 Å². The quantitative estimate of drug-likeness (QED) is 0.455. The second-order valence-electron chi connectivity index (χ2n) is 1.84. The van der Waals surface area contributed by atoms with Crippen LogP contribution >= 0.6 is 0 Å². The predicted molar refractivity (Wildman–Crippen MR) is 30.8 cm³/mol. The zero-order chi connectivity index (χ0) is 5.11. The van der Waals surface area contributed by atoms with E-state index in [1.54, 1.807) is 0 Å². The van der Waals surface area contributed by atoms with Crippen LogP contribution in [0.5, 0.6) is 0 Å². The van der Waals surface area contributed by atoms with E-state index in [1.807, 2.05) is 6.21 Å². The van der Waals surface area contributed by atoms with E-state index in [9.17, 15) is 0 Å². The summed E-state index contributed by atoms with van der Waals surface area (Å²) in [6, 6.07) is 0.494. The van der Waals surface area contributed by atoms with Crippen molar-refractivity contribution >= 4 is 6.21 Å². The number of nitrogens with zero attached hydrogens (tertiary/aromatic N) is 1. The van der Waals surface area contributed by atoms with E-state index in [-0.39, 0.29) is 0 Å². The lowest BCUT2D eigenvalue weighted by Crippen LogP contribution is -2.29. The molecule has 0 aromatic heterocycles. The topological polar surface area (TPSA) is 24.4 Å². The molecular weight excluding hydrogens is 88.1 g/mol. The average Bonchev–Trinajstić information content (AvgIpc) is 1.69. The van der Waals surface area contributed by atoms with Crippen LogP contribution in [0.1, 0.15) is 6.92 Å². The highest BCUT2D eigenvalue weighted by Crippen LogP contribution is 1.87. The molecule has 1 N–H and O–H groups in total. The highest BCUT2D eigenvalue weighted by atomic mass is 15.0. The maximum absolute atomic E-state index is 4.14. The molecule has 0 saturated carbocycles. The Kier molecular flexibility index (Phi) is 1.42. The van der Waals surface area contributed by atoms with Crippen molar-refractivity contribution in [3.8, 4) is 0 Å². The maximum Gasteiger partial charge on any atom is 0.0592 e. The number of hydrogen-bond acceptors (Lipinski definition) is 2. The third kappa shape index (κ3) is 1.27. The van der Waals surface area contributed by atoms with Crippen molar-refractivity contribution in [1.82, 2.24) is 5.32 Å². The summed E-state index contributed by atoms with van der Waals surface area (Å²) in [5.74, 6) is 0. The summed E-state index contributed by atoms with van der Waals surface area (Å²) >= 11 is 0. The van der Waals surface area contributed by atoms with Crippen LogP contribution in [0.4, 0.5) is 0 Å². The number of rotatable bonds is 0. The Labute approximate surface area is 43.6 Å². The van der Waals surface area contributed by atoms with Gasteiger partial charge in [-0.1, -0.05) is 0 Å². The molecule has 0 amide bonds. The first-order chi connectivity index (χ1) is 3.39. The molecule has 1 rings (SSSR count). The van der Waals surface area contributed by atoms with E-state index in [0.717, 1.165) is 13.1 Å². The fourth-order valence-electron chi connectivity index (χ4n) is 0.642. The summed E-state index contributed by atoms with van der Waals surface area (Å²) in [5.41, 5.74) is 0. The molecule has 1 heterocycles. The van der Waals surface area contributed by atoms with Crippen LogP contribution < -0.4 is 5.32 Å². The molecule has 0 spiro atoms. The van der Waals surface area contributed by atoms with Gasteiger partial charge >= 0.3 is 0 Å². The lowest BCUT2D eigenvalue weighted by Gasteiger charge is -2.10. The summed E-state index contributed by atoms with van der Waals surface area (Å²) in [7, 11) is 0. The highest BCUT2D eigenvalue weighted by Gasteiger charge is 1.98. The summed E-state index contributed by atoms with van der Waals surface area (Å²) in [6.45, 7) is 4.09. The minimum absolute atomic E-state index is 0.494. The first-order valence-corrected chi connectivity index (χ1v) is 2.62. The molecule has 0 radical (unpaired) electrons. The van der Waals surface area contributed by atoms with Gasteiger partial charge in [-0.2, -0.15) is 0 Å². The van der Waals surface area contributed by atoms with Crippen molar-refractivity contribution < 1.29 is 0 Å². The summed E-state index contributed by atoms with van der Waals surface area (Å²) in [5, 5.41) is 3.19. The molecule has 2 heteroatoms. The average molecular weight is 98.1 g/mol. The van der Waals surface area contributed by atoms with Gasteiger partial charge in [-0.3, -0.25) is 4.99 Å². The fourth-order valence-corrected chi connectivity index (χ4v) is 0.642. The first kappa shape index (κ1) is 4.78. The van der Waals surface area contributed by atoms with Crippen LogP contribution in [0.25, 0.3) is 0 Å². The number of aliphatic imine (C=N–C) groups is 1. The van der Waals surface area contributed by atoms with Crippen LogP contribution in [0.3, 0.4) is 0 Å². The standard InChI is InChI=1S/C5H10N2/c1-5-4-6-2-3-7-5/h3,5-6H,2,4H2,1H3/t5-/m0/s1. The van der Waals surface area contributed by atoms with Gasteiger partial charge in [0.25, 0.3) is 0 Å². The van der Waals surface area contributed by atoms with Gasteiger partial charge < -0.3 is 5.32 Å². The second kappa shape index (κ2) is 2.07. The summed E-state index contributed by atoms with van der Waals surface area (Å²) in [6.07, 6.45) is 1.92. The Morgan fingerprint density at radius 1 is 1.86 bits per heavy atom. The zero-order valence-electron chi connectivity index (χ0n) is 4.52. The van der Waals surface area contributed by atoms with Gasteiger partial charge in [0.1, 0.15) is 0 Å². The van der Waals surface area contributed by atoms with Gasteiger partial charge in [0.15, 0.2) is 0 Å². The minimum Gasteiger partial charge on any atom is -0.310 e. The molecule has 1 atom stereocenters. The smallest absolute Gasteiger partial charge is 0.0592 e. The molecule has 0 aliphatic carbocycles. The van der Waals surface area contributed by atoms with Gasteiger partial charge in [0.05, 0.1) is 6.04 Å². The molecule has 0 aromatic carbocycles. The molecular formula is C5H10N2. The molecule has 0 fully saturated rings. The van der Waals surface area contributed by atoms with Gasteiger partial charge in [-0.05, 0) is 6.92 Å². The van der Waals surface area contributed by atoms with Crippen LogP contribution in [0, 0.1) is 0 Å². The maximum atomic E-state index is 4.14. The Morgan fingerprint density at radius 2 is 2.71 bits per heavy atom. The Hall–Kier alpha value is -0.370. The number of nitrogens with one attached hydrogen (secondary N) is 1. The molecule has 40 valence electrons. The lowest BCUT2D eigenvalue weighted by molar-refractivity contribution is 0.629. The van der Waals surface area contributed by atoms with Crippen LogP contribution in [0.15, 0.2) is 4.99 Å². The Balaban J connectivity index is 2.36. The van der Waals surface area contributed by atoms with Crippen LogP contribution in [-0.4, -0.2) is 25.3 Å². The van der Waals surface area contributed by atoms with Crippen molar-refractivity contribution in [2.45, 2.75) is 13.0 Å². The predicted octanol–water partition coefficient (Wildman–Crippen LogP) is 0.0489. The first-order valence-electron chi connectivity index (χ1n) is 2.62. The van der Waals surface area contributed by atoms with Gasteiger partial charge in [0, 0.05) is 19.3 Å². The molecule has 0 saturated heterocycles. The molecule has 7 heavy (non-hydrogen) atoms. The van der Waals surface area contributed by atoms with Gasteiger partial charge in [0.2, 0.25) is 0 Å². The van der Waals surface area contributed by atoms with Crippen molar-refractivity contribution in [3.05, 3.63) is 0 Å². The van der Waals surface area contributed by atoms with Crippen LogP contribution in [-0.2, 0) is 0 Å². The van der Waals surface area contributed by atoms with Gasteiger partial charge in [-0.25, -0.2) is 0 Å². The van der Waals surface area contributed by atoms with Crippen molar-refractivity contribution in [3.63, 3.8) is 0 Å². The van der Waals surface area contributed by atoms with E-state index in [1.165, 1.54) is 0 Å². The molecule has 2 nitrogen and oxygen atoms in total. The second-order valence-corrected chi connectivity index (χ2v) is 1.84. The fraction of sp³-hybridized carbons (Fsp3) is 0.800. The van der Waals surface area contributed by atoms with Crippen molar-refractivity contribution in [2.75, 3.05) is 13.1 Å². The minimum atomic E-state index is 0.494. The van der Waals surface area contributed by atoms with E-state index in [0.29, 0.717) is 6.04 Å². The molecule has 1 aliphatic rings. The van der Waals surface area contributed by atoms with Gasteiger partial charge in [-0.15, -0.1) is 0 Å². The van der Waals surface area contributed by atoms with E-state index in [2.05, 4.69) is 17.2 Å². The largest absolute Gasteiger partial charge is 0.310 e. The Bertz CT molecular complexity index is 78.1. The van der Waals surface area contributed by atoms with Crippen molar-refractivity contribution in [2.24, 2.45) is 4.99 Å². The summed E-state index contributed by atoms with van der Waals surface area (Å²) in [4.78, 5) is 4.14. The highest BCUT2D eigenvalue weighted by molar-refractivity contribution is 5.60. The lowest BCUT2D eigenvalue weighted by atomic mass is 10.3. The van der Waals surface area contributed by atoms with E-state index in [4.69, 9.17) is 0 Å². The molecule has 1 aliphatic heterocycles. The van der Waals surface area contributed by atoms with Crippen LogP contribution in [0.2, 0.25) is 0 Å². The third-order valence-corrected chi connectivity index (χ3v) is 1.04. The Morgan fingerprint density at radius 3 is 3.00 bits per heavy atom. The van der Waals surface area contributed by atoms with E-state index < -0.39 is 0 Å². The van der Waals surface area contributed by atoms with E-state index >= 15 is 0 Å². The number of hydrogen-bond donors (Lipinski definition) is 1.